The van der Waals surface area contributed by atoms with Crippen LogP contribution < -0.4 is 4.31 Å². The quantitative estimate of drug-likeness (QED) is 0.165. The maximum atomic E-state index is 14.2. The van der Waals surface area contributed by atoms with Crippen molar-refractivity contribution in [2.45, 2.75) is 24.4 Å². The van der Waals surface area contributed by atoms with E-state index >= 15 is 0 Å². The molecule has 1 heterocycles. The second-order valence-corrected chi connectivity index (χ2v) is 13.8. The molecule has 0 radical (unpaired) electrons. The zero-order valence-electron chi connectivity index (χ0n) is 25.7. The average Bonchev–Trinajstić information content (AvgIpc) is 3.09. The van der Waals surface area contributed by atoms with Crippen LogP contribution in [0.4, 0.5) is 5.69 Å². The Labute approximate surface area is 276 Å². The first-order chi connectivity index (χ1) is 22.3. The molecular formula is C38H36ClN3O3S. The predicted octanol–water partition coefficient (Wildman–Crippen LogP) is 7.59. The summed E-state index contributed by atoms with van der Waals surface area (Å²) in [6.45, 7) is 4.35. The van der Waals surface area contributed by atoms with Crippen LogP contribution in [0.1, 0.15) is 38.7 Å². The number of amides is 1. The van der Waals surface area contributed by atoms with Crippen LogP contribution in [0.3, 0.4) is 0 Å². The fourth-order valence-electron chi connectivity index (χ4n) is 6.00. The number of anilines is 1. The Morgan fingerprint density at radius 1 is 0.717 bits per heavy atom. The SMILES string of the molecule is Cc1ccc(S(=O)(=O)N(Cc2ccc(Cl)cc2)c2ccccc2C(=O)N2CCN(C(c3ccccc3)c3ccccc3)CC2)cc1. The molecule has 0 spiro atoms. The average molecular weight is 650 g/mol. The smallest absolute Gasteiger partial charge is 0.264 e. The van der Waals surface area contributed by atoms with Gasteiger partial charge in [-0.25, -0.2) is 8.42 Å². The van der Waals surface area contributed by atoms with Gasteiger partial charge < -0.3 is 4.90 Å². The van der Waals surface area contributed by atoms with Crippen molar-refractivity contribution in [3.8, 4) is 0 Å². The number of halogens is 1. The molecule has 46 heavy (non-hydrogen) atoms. The molecule has 5 aromatic carbocycles. The molecule has 0 atom stereocenters. The fourth-order valence-corrected chi connectivity index (χ4v) is 7.60. The second kappa shape index (κ2) is 13.9. The minimum Gasteiger partial charge on any atom is -0.336 e. The van der Waals surface area contributed by atoms with E-state index in [2.05, 4.69) is 53.4 Å². The summed E-state index contributed by atoms with van der Waals surface area (Å²) >= 11 is 6.13. The van der Waals surface area contributed by atoms with Crippen molar-refractivity contribution in [2.24, 2.45) is 0 Å². The summed E-state index contributed by atoms with van der Waals surface area (Å²) in [7, 11) is -4.03. The summed E-state index contributed by atoms with van der Waals surface area (Å²) in [4.78, 5) is 18.6. The van der Waals surface area contributed by atoms with Crippen LogP contribution in [-0.2, 0) is 16.6 Å². The van der Waals surface area contributed by atoms with Gasteiger partial charge in [0.2, 0.25) is 0 Å². The summed E-state index contributed by atoms with van der Waals surface area (Å²) in [6, 6.07) is 41.8. The zero-order chi connectivity index (χ0) is 32.1. The van der Waals surface area contributed by atoms with Crippen LogP contribution in [0.5, 0.6) is 0 Å². The third kappa shape index (κ3) is 6.87. The van der Waals surface area contributed by atoms with Gasteiger partial charge in [0, 0.05) is 31.2 Å². The molecule has 0 N–H and O–H groups in total. The van der Waals surface area contributed by atoms with E-state index in [0.29, 0.717) is 42.5 Å². The summed E-state index contributed by atoms with van der Waals surface area (Å²) in [6.07, 6.45) is 0. The van der Waals surface area contributed by atoms with Crippen LogP contribution in [-0.4, -0.2) is 50.3 Å². The molecule has 5 aromatic rings. The summed E-state index contributed by atoms with van der Waals surface area (Å²) in [5.41, 5.74) is 4.82. The number of para-hydroxylation sites is 1. The molecule has 0 saturated carbocycles. The van der Waals surface area contributed by atoms with Crippen molar-refractivity contribution in [1.29, 1.82) is 0 Å². The highest BCUT2D eigenvalue weighted by Crippen LogP contribution is 2.33. The molecule has 8 heteroatoms. The van der Waals surface area contributed by atoms with Gasteiger partial charge in [-0.3, -0.25) is 14.0 Å². The van der Waals surface area contributed by atoms with Crippen molar-refractivity contribution >= 4 is 33.2 Å². The maximum Gasteiger partial charge on any atom is 0.264 e. The van der Waals surface area contributed by atoms with E-state index in [-0.39, 0.29) is 23.4 Å². The maximum absolute atomic E-state index is 14.2. The molecule has 1 aliphatic rings. The monoisotopic (exact) mass is 649 g/mol. The minimum atomic E-state index is -4.03. The minimum absolute atomic E-state index is 0.0429. The number of rotatable bonds is 9. The number of benzene rings is 5. The Hall–Kier alpha value is -4.43. The van der Waals surface area contributed by atoms with Gasteiger partial charge >= 0.3 is 0 Å². The Bertz CT molecular complexity index is 1840. The highest BCUT2D eigenvalue weighted by molar-refractivity contribution is 7.92. The van der Waals surface area contributed by atoms with Crippen LogP contribution in [0.25, 0.3) is 0 Å². The fraction of sp³-hybridized carbons (Fsp3) is 0.184. The lowest BCUT2D eigenvalue weighted by Crippen LogP contribution is -2.50. The lowest BCUT2D eigenvalue weighted by molar-refractivity contribution is 0.0598. The van der Waals surface area contributed by atoms with Crippen molar-refractivity contribution in [1.82, 2.24) is 9.80 Å². The molecule has 0 aliphatic carbocycles. The van der Waals surface area contributed by atoms with Gasteiger partial charge in [0.05, 0.1) is 28.7 Å². The van der Waals surface area contributed by atoms with E-state index in [1.807, 2.05) is 24.0 Å². The molecule has 0 unspecified atom stereocenters. The first kappa shape index (κ1) is 31.5. The van der Waals surface area contributed by atoms with Gasteiger partial charge in [0.15, 0.2) is 0 Å². The van der Waals surface area contributed by atoms with E-state index in [1.54, 1.807) is 72.8 Å². The number of hydrogen-bond donors (Lipinski definition) is 0. The number of aryl methyl sites for hydroxylation is 1. The summed E-state index contributed by atoms with van der Waals surface area (Å²) < 4.78 is 29.8. The highest BCUT2D eigenvalue weighted by Gasteiger charge is 2.32. The lowest BCUT2D eigenvalue weighted by Gasteiger charge is -2.40. The first-order valence-electron chi connectivity index (χ1n) is 15.4. The molecule has 234 valence electrons. The summed E-state index contributed by atoms with van der Waals surface area (Å²) in [5, 5.41) is 0.563. The molecule has 0 bridgehead atoms. The van der Waals surface area contributed by atoms with E-state index in [0.717, 1.165) is 11.1 Å². The molecule has 1 aliphatic heterocycles. The largest absolute Gasteiger partial charge is 0.336 e. The van der Waals surface area contributed by atoms with Gasteiger partial charge in [-0.15, -0.1) is 0 Å². The predicted molar refractivity (Wildman–Crippen MR) is 185 cm³/mol. The Balaban J connectivity index is 1.29. The lowest BCUT2D eigenvalue weighted by atomic mass is 9.96. The van der Waals surface area contributed by atoms with Crippen LogP contribution >= 0.6 is 11.6 Å². The third-order valence-corrected chi connectivity index (χ3v) is 10.5. The van der Waals surface area contributed by atoms with Crippen LogP contribution in [0, 0.1) is 6.92 Å². The summed E-state index contributed by atoms with van der Waals surface area (Å²) in [5.74, 6) is -0.188. The number of carbonyl (C=O) groups is 1. The topological polar surface area (TPSA) is 60.9 Å². The normalized spacial score (nSPS) is 13.9. The Kier molecular flexibility index (Phi) is 9.54. The van der Waals surface area contributed by atoms with Gasteiger partial charge in [-0.2, -0.15) is 0 Å². The van der Waals surface area contributed by atoms with Gasteiger partial charge in [0.25, 0.3) is 15.9 Å². The van der Waals surface area contributed by atoms with Crippen molar-refractivity contribution in [3.05, 3.63) is 166 Å². The molecular weight excluding hydrogens is 614 g/mol. The van der Waals surface area contributed by atoms with E-state index in [1.165, 1.54) is 15.4 Å². The number of carbonyl (C=O) groups excluding carboxylic acids is 1. The van der Waals surface area contributed by atoms with Gasteiger partial charge in [-0.05, 0) is 60.0 Å². The van der Waals surface area contributed by atoms with Crippen molar-refractivity contribution in [2.75, 3.05) is 30.5 Å². The van der Waals surface area contributed by atoms with Crippen LogP contribution in [0.15, 0.2) is 138 Å². The molecule has 6 nitrogen and oxygen atoms in total. The zero-order valence-corrected chi connectivity index (χ0v) is 27.2. The number of sulfonamides is 1. The standard InChI is InChI=1S/C38H36ClN3O3S/c1-29-16-22-34(23-17-29)46(44,45)42(28-30-18-20-33(39)21-19-30)36-15-9-8-14-35(36)38(43)41-26-24-40(25-27-41)37(31-10-4-2-5-11-31)32-12-6-3-7-13-32/h2-23,37H,24-28H2,1H3. The number of hydrogen-bond acceptors (Lipinski definition) is 4. The number of piperazine rings is 1. The van der Waals surface area contributed by atoms with Gasteiger partial charge in [0.1, 0.15) is 0 Å². The van der Waals surface area contributed by atoms with Crippen LogP contribution in [0.2, 0.25) is 5.02 Å². The molecule has 6 rings (SSSR count). The highest BCUT2D eigenvalue weighted by atomic mass is 35.5. The van der Waals surface area contributed by atoms with E-state index in [9.17, 15) is 13.2 Å². The Morgan fingerprint density at radius 3 is 1.85 bits per heavy atom. The molecule has 1 saturated heterocycles. The van der Waals surface area contributed by atoms with Crippen molar-refractivity contribution < 1.29 is 13.2 Å². The first-order valence-corrected chi connectivity index (χ1v) is 17.2. The molecule has 1 amide bonds. The molecule has 0 aromatic heterocycles. The third-order valence-electron chi connectivity index (χ3n) is 8.45. The van der Waals surface area contributed by atoms with E-state index in [4.69, 9.17) is 11.6 Å². The molecule has 1 fully saturated rings. The van der Waals surface area contributed by atoms with Gasteiger partial charge in [-0.1, -0.05) is 114 Å². The number of nitrogens with zero attached hydrogens (tertiary/aromatic N) is 3. The second-order valence-electron chi connectivity index (χ2n) is 11.5. The Morgan fingerprint density at radius 2 is 1.26 bits per heavy atom. The van der Waals surface area contributed by atoms with E-state index < -0.39 is 10.0 Å². The van der Waals surface area contributed by atoms with Crippen molar-refractivity contribution in [3.63, 3.8) is 0 Å².